The molecule has 16 heavy (non-hydrogen) atoms. The van der Waals surface area contributed by atoms with E-state index in [1.54, 1.807) is 12.1 Å². The summed E-state index contributed by atoms with van der Waals surface area (Å²) in [6.07, 6.45) is 5.17. The Balaban J connectivity index is 1.76. The van der Waals surface area contributed by atoms with Gasteiger partial charge in [0.2, 0.25) is 0 Å². The fraction of sp³-hybridized carbons (Fsp3) is 0.538. The van der Waals surface area contributed by atoms with Gasteiger partial charge in [0.05, 0.1) is 5.69 Å². The molecule has 2 saturated carbocycles. The van der Waals surface area contributed by atoms with Gasteiger partial charge in [0.25, 0.3) is 0 Å². The van der Waals surface area contributed by atoms with Crippen LogP contribution in [0.25, 0.3) is 0 Å². The molecule has 3 atom stereocenters. The van der Waals surface area contributed by atoms with Gasteiger partial charge in [0.1, 0.15) is 5.82 Å². The molecule has 0 radical (unpaired) electrons. The zero-order valence-electron chi connectivity index (χ0n) is 9.05. The van der Waals surface area contributed by atoms with Crippen LogP contribution in [-0.4, -0.2) is 6.04 Å². The number of hydrogen-bond donors (Lipinski definition) is 1. The van der Waals surface area contributed by atoms with Crippen LogP contribution in [0.4, 0.5) is 10.1 Å². The normalized spacial score (nSPS) is 32.0. The van der Waals surface area contributed by atoms with Crippen LogP contribution in [0.15, 0.2) is 18.2 Å². The second kappa shape index (κ2) is 3.92. The van der Waals surface area contributed by atoms with Crippen LogP contribution in [0.2, 0.25) is 5.02 Å². The summed E-state index contributed by atoms with van der Waals surface area (Å²) in [6.45, 7) is 0. The van der Waals surface area contributed by atoms with E-state index in [1.807, 2.05) is 0 Å². The predicted octanol–water partition coefficient (Wildman–Crippen LogP) is 4.08. The molecule has 2 aliphatic carbocycles. The Morgan fingerprint density at radius 1 is 1.25 bits per heavy atom. The quantitative estimate of drug-likeness (QED) is 0.820. The molecule has 86 valence electrons. The van der Waals surface area contributed by atoms with Crippen LogP contribution in [0.3, 0.4) is 0 Å². The van der Waals surface area contributed by atoms with Crippen LogP contribution < -0.4 is 5.32 Å². The molecule has 0 saturated heterocycles. The fourth-order valence-corrected chi connectivity index (χ4v) is 3.40. The summed E-state index contributed by atoms with van der Waals surface area (Å²) in [5.74, 6) is 1.40. The van der Waals surface area contributed by atoms with E-state index in [0.29, 0.717) is 16.8 Å². The molecule has 1 nitrogen and oxygen atoms in total. The molecule has 0 heterocycles. The minimum atomic E-state index is -0.202. The number of benzene rings is 1. The van der Waals surface area contributed by atoms with Crippen molar-refractivity contribution in [1.82, 2.24) is 0 Å². The number of hydrogen-bond acceptors (Lipinski definition) is 1. The molecule has 3 rings (SSSR count). The van der Waals surface area contributed by atoms with Crippen molar-refractivity contribution in [3.8, 4) is 0 Å². The van der Waals surface area contributed by atoms with Crippen LogP contribution in [0, 0.1) is 17.7 Å². The Bertz CT molecular complexity index is 407. The molecule has 2 bridgehead atoms. The maximum Gasteiger partial charge on any atom is 0.146 e. The van der Waals surface area contributed by atoms with Gasteiger partial charge < -0.3 is 5.32 Å². The standard InChI is InChI=1S/C13H15ClFN/c14-10-3-4-11(15)13(7-10)16-12-6-8-1-2-9(12)5-8/h3-4,7-9,12,16H,1-2,5-6H2. The van der Waals surface area contributed by atoms with Crippen molar-refractivity contribution in [3.63, 3.8) is 0 Å². The van der Waals surface area contributed by atoms with E-state index in [4.69, 9.17) is 11.6 Å². The first-order valence-electron chi connectivity index (χ1n) is 5.94. The maximum atomic E-state index is 13.5. The molecule has 0 amide bonds. The average molecular weight is 240 g/mol. The Hall–Kier alpha value is -0.760. The van der Waals surface area contributed by atoms with Crippen molar-refractivity contribution in [1.29, 1.82) is 0 Å². The predicted molar refractivity (Wildman–Crippen MR) is 64.3 cm³/mol. The molecule has 0 spiro atoms. The highest BCUT2D eigenvalue weighted by molar-refractivity contribution is 6.30. The van der Waals surface area contributed by atoms with E-state index in [0.717, 1.165) is 11.8 Å². The lowest BCUT2D eigenvalue weighted by atomic mass is 9.95. The van der Waals surface area contributed by atoms with Crippen molar-refractivity contribution in [2.75, 3.05) is 5.32 Å². The number of halogens is 2. The molecule has 1 N–H and O–H groups in total. The monoisotopic (exact) mass is 239 g/mol. The van der Waals surface area contributed by atoms with Crippen LogP contribution in [-0.2, 0) is 0 Å². The number of rotatable bonds is 2. The molecular formula is C13H15ClFN. The van der Waals surface area contributed by atoms with Crippen molar-refractivity contribution >= 4 is 17.3 Å². The summed E-state index contributed by atoms with van der Waals surface area (Å²) in [7, 11) is 0. The van der Waals surface area contributed by atoms with Gasteiger partial charge in [-0.25, -0.2) is 4.39 Å². The molecule has 2 aliphatic rings. The van der Waals surface area contributed by atoms with Crippen LogP contribution in [0.1, 0.15) is 25.7 Å². The Labute approximate surface area is 100.0 Å². The van der Waals surface area contributed by atoms with E-state index >= 15 is 0 Å². The first-order chi connectivity index (χ1) is 7.72. The molecule has 0 aromatic heterocycles. The van der Waals surface area contributed by atoms with Gasteiger partial charge in [-0.3, -0.25) is 0 Å². The zero-order valence-corrected chi connectivity index (χ0v) is 9.80. The molecule has 0 aliphatic heterocycles. The molecule has 2 fully saturated rings. The lowest BCUT2D eigenvalue weighted by molar-refractivity contribution is 0.438. The second-order valence-corrected chi connectivity index (χ2v) is 5.49. The molecule has 3 unspecified atom stereocenters. The summed E-state index contributed by atoms with van der Waals surface area (Å²) in [4.78, 5) is 0. The highest BCUT2D eigenvalue weighted by Crippen LogP contribution is 2.45. The lowest BCUT2D eigenvalue weighted by Gasteiger charge is -2.24. The Morgan fingerprint density at radius 3 is 2.81 bits per heavy atom. The van der Waals surface area contributed by atoms with Crippen LogP contribution in [0.5, 0.6) is 0 Å². The van der Waals surface area contributed by atoms with Crippen molar-refractivity contribution < 1.29 is 4.39 Å². The third kappa shape index (κ3) is 1.80. The first kappa shape index (κ1) is 10.4. The number of fused-ring (bicyclic) bond motifs is 2. The van der Waals surface area contributed by atoms with E-state index in [1.165, 1.54) is 31.7 Å². The van der Waals surface area contributed by atoms with E-state index in [-0.39, 0.29) is 5.82 Å². The van der Waals surface area contributed by atoms with Gasteiger partial charge in [0, 0.05) is 11.1 Å². The van der Waals surface area contributed by atoms with E-state index in [2.05, 4.69) is 5.32 Å². The van der Waals surface area contributed by atoms with Crippen LogP contribution >= 0.6 is 11.6 Å². The lowest BCUT2D eigenvalue weighted by Crippen LogP contribution is -2.26. The third-order valence-electron chi connectivity index (χ3n) is 4.01. The highest BCUT2D eigenvalue weighted by atomic mass is 35.5. The molecule has 1 aromatic rings. The van der Waals surface area contributed by atoms with Gasteiger partial charge >= 0.3 is 0 Å². The second-order valence-electron chi connectivity index (χ2n) is 5.05. The Morgan fingerprint density at radius 2 is 2.12 bits per heavy atom. The molecular weight excluding hydrogens is 225 g/mol. The van der Waals surface area contributed by atoms with Crippen molar-refractivity contribution in [3.05, 3.63) is 29.0 Å². The minimum Gasteiger partial charge on any atom is -0.380 e. The minimum absolute atomic E-state index is 0.202. The summed E-state index contributed by atoms with van der Waals surface area (Å²) in [5.41, 5.74) is 0.560. The van der Waals surface area contributed by atoms with E-state index < -0.39 is 0 Å². The topological polar surface area (TPSA) is 12.0 Å². The summed E-state index contributed by atoms with van der Waals surface area (Å²) in [6, 6.07) is 5.15. The van der Waals surface area contributed by atoms with Gasteiger partial charge in [-0.1, -0.05) is 18.0 Å². The molecule has 3 heteroatoms. The summed E-state index contributed by atoms with van der Waals surface area (Å²) < 4.78 is 13.5. The number of nitrogens with one attached hydrogen (secondary N) is 1. The summed E-state index contributed by atoms with van der Waals surface area (Å²) >= 11 is 5.87. The maximum absolute atomic E-state index is 13.5. The van der Waals surface area contributed by atoms with Gasteiger partial charge in [-0.15, -0.1) is 0 Å². The van der Waals surface area contributed by atoms with E-state index in [9.17, 15) is 4.39 Å². The first-order valence-corrected chi connectivity index (χ1v) is 6.32. The van der Waals surface area contributed by atoms with Gasteiger partial charge in [0.15, 0.2) is 0 Å². The SMILES string of the molecule is Fc1ccc(Cl)cc1NC1CC2CCC1C2. The zero-order chi connectivity index (χ0) is 11.1. The van der Waals surface area contributed by atoms with Gasteiger partial charge in [-0.05, 0) is 49.3 Å². The Kier molecular flexibility index (Phi) is 2.55. The van der Waals surface area contributed by atoms with Crippen molar-refractivity contribution in [2.24, 2.45) is 11.8 Å². The fourth-order valence-electron chi connectivity index (χ4n) is 3.23. The van der Waals surface area contributed by atoms with Crippen molar-refractivity contribution in [2.45, 2.75) is 31.7 Å². The van der Waals surface area contributed by atoms with Gasteiger partial charge in [-0.2, -0.15) is 0 Å². The largest absolute Gasteiger partial charge is 0.380 e. The number of anilines is 1. The third-order valence-corrected chi connectivity index (χ3v) is 4.24. The molecule has 1 aromatic carbocycles. The summed E-state index contributed by atoms with van der Waals surface area (Å²) in [5, 5.41) is 3.91. The smallest absolute Gasteiger partial charge is 0.146 e. The highest BCUT2D eigenvalue weighted by Gasteiger charge is 2.39. The average Bonchev–Trinajstić information content (AvgIpc) is 2.85.